The topological polar surface area (TPSA) is 9.23 Å². The van der Waals surface area contributed by atoms with Crippen LogP contribution in [0, 0.1) is 0 Å². The van der Waals surface area contributed by atoms with Gasteiger partial charge in [-0.1, -0.05) is 19.6 Å². The van der Waals surface area contributed by atoms with Crippen LogP contribution in [-0.2, 0) is 4.43 Å². The van der Waals surface area contributed by atoms with Gasteiger partial charge in [-0.05, 0) is 0 Å². The minimum atomic E-state index is -1.39. The Morgan fingerprint density at radius 2 is 1.70 bits per heavy atom. The molecule has 1 nitrogen and oxygen atoms in total. The van der Waals surface area contributed by atoms with E-state index in [0.717, 1.165) is 0 Å². The Balaban J connectivity index is 0. The van der Waals surface area contributed by atoms with E-state index in [-0.39, 0.29) is 9.76 Å². The van der Waals surface area contributed by atoms with Crippen molar-refractivity contribution >= 4 is 39.8 Å². The van der Waals surface area contributed by atoms with Crippen LogP contribution in [0.5, 0.6) is 0 Å². The van der Waals surface area contributed by atoms with Crippen LogP contribution < -0.4 is 0 Å². The molecule has 0 aromatic carbocycles. The SMILES string of the molecule is CO[SiH2]C.C[Si](C)(Cl)CCl. The van der Waals surface area contributed by atoms with Crippen LogP contribution in [0.25, 0.3) is 0 Å². The van der Waals surface area contributed by atoms with E-state index >= 15 is 0 Å². The van der Waals surface area contributed by atoms with Gasteiger partial charge in [0, 0.05) is 12.6 Å². The smallest absolute Gasteiger partial charge is 0.164 e. The summed E-state index contributed by atoms with van der Waals surface area (Å²) < 4.78 is 4.68. The fourth-order valence-corrected chi connectivity index (χ4v) is 0. The van der Waals surface area contributed by atoms with Crippen molar-refractivity contribution in [1.82, 2.24) is 0 Å². The minimum absolute atomic E-state index is 0.0756. The monoisotopic (exact) mass is 218 g/mol. The van der Waals surface area contributed by atoms with E-state index in [4.69, 9.17) is 22.7 Å². The zero-order valence-electron chi connectivity index (χ0n) is 7.08. The first-order chi connectivity index (χ1) is 4.47. The van der Waals surface area contributed by atoms with E-state index in [1.165, 1.54) is 0 Å². The highest BCUT2D eigenvalue weighted by Crippen LogP contribution is 2.07. The van der Waals surface area contributed by atoms with Gasteiger partial charge in [0.05, 0.1) is 0 Å². The van der Waals surface area contributed by atoms with E-state index in [2.05, 4.69) is 11.0 Å². The molecular weight excluding hydrogens is 203 g/mol. The van der Waals surface area contributed by atoms with Crippen LogP contribution in [-0.4, -0.2) is 29.8 Å². The molecule has 0 rings (SSSR count). The van der Waals surface area contributed by atoms with Crippen LogP contribution in [0.2, 0.25) is 19.6 Å². The van der Waals surface area contributed by atoms with Gasteiger partial charge in [0.25, 0.3) is 0 Å². The maximum Gasteiger partial charge on any atom is 0.164 e. The summed E-state index contributed by atoms with van der Waals surface area (Å²) >= 11 is 11.1. The zero-order valence-corrected chi connectivity index (χ0v) is 11.0. The van der Waals surface area contributed by atoms with Gasteiger partial charge in [-0.3, -0.25) is 0 Å². The maximum absolute atomic E-state index is 5.72. The average molecular weight is 219 g/mol. The van der Waals surface area contributed by atoms with Crippen molar-refractivity contribution in [1.29, 1.82) is 0 Å². The van der Waals surface area contributed by atoms with Crippen molar-refractivity contribution in [3.05, 3.63) is 0 Å². The molecular formula is C5H16Cl2OSi2. The van der Waals surface area contributed by atoms with Gasteiger partial charge >= 0.3 is 0 Å². The highest BCUT2D eigenvalue weighted by Gasteiger charge is 2.13. The van der Waals surface area contributed by atoms with Crippen molar-refractivity contribution < 1.29 is 4.43 Å². The molecule has 0 fully saturated rings. The summed E-state index contributed by atoms with van der Waals surface area (Å²) in [4.78, 5) is 0. The highest BCUT2D eigenvalue weighted by atomic mass is 35.6. The minimum Gasteiger partial charge on any atom is -0.427 e. The fraction of sp³-hybridized carbons (Fsp3) is 1.00. The molecule has 0 atom stereocenters. The average Bonchev–Trinajstić information content (AvgIpc) is 1.87. The Morgan fingerprint density at radius 1 is 1.50 bits per heavy atom. The molecule has 0 unspecified atom stereocenters. The first-order valence-electron chi connectivity index (χ1n) is 3.21. The zero-order chi connectivity index (χ0) is 8.62. The lowest BCUT2D eigenvalue weighted by atomic mass is 11.8. The second-order valence-electron chi connectivity index (χ2n) is 2.43. The Kier molecular flexibility index (Phi) is 10.9. The predicted octanol–water partition coefficient (Wildman–Crippen LogP) is 1.97. The van der Waals surface area contributed by atoms with Gasteiger partial charge in [-0.15, -0.1) is 11.6 Å². The molecule has 0 N–H and O–H groups in total. The molecule has 0 amide bonds. The van der Waals surface area contributed by atoms with Crippen molar-refractivity contribution in [2.75, 3.05) is 12.6 Å². The third-order valence-electron chi connectivity index (χ3n) is 0.606. The van der Waals surface area contributed by atoms with Crippen molar-refractivity contribution in [3.8, 4) is 0 Å². The van der Waals surface area contributed by atoms with Gasteiger partial charge in [-0.25, -0.2) is 0 Å². The number of alkyl halides is 1. The number of rotatable bonds is 2. The lowest BCUT2D eigenvalue weighted by molar-refractivity contribution is 0.446. The van der Waals surface area contributed by atoms with E-state index in [1.807, 2.05) is 13.1 Å². The van der Waals surface area contributed by atoms with Gasteiger partial charge < -0.3 is 4.43 Å². The molecule has 0 bridgehead atoms. The summed E-state index contributed by atoms with van der Waals surface area (Å²) in [6, 6.07) is 0. The van der Waals surface area contributed by atoms with E-state index < -0.39 is 7.38 Å². The van der Waals surface area contributed by atoms with Crippen LogP contribution in [0.3, 0.4) is 0 Å². The second kappa shape index (κ2) is 8.07. The Hall–Kier alpha value is 0.974. The Morgan fingerprint density at radius 3 is 1.70 bits per heavy atom. The molecule has 5 heteroatoms. The molecule has 0 radical (unpaired) electrons. The summed E-state index contributed by atoms with van der Waals surface area (Å²) in [7, 11) is 0.273. The van der Waals surface area contributed by atoms with Gasteiger partial charge in [0.15, 0.2) is 17.1 Å². The molecule has 0 aromatic heterocycles. The summed E-state index contributed by atoms with van der Waals surface area (Å²) in [6.45, 7) is 6.13. The number of hydrogen-bond acceptors (Lipinski definition) is 1. The quantitative estimate of drug-likeness (QED) is 0.392. The van der Waals surface area contributed by atoms with E-state index in [1.54, 1.807) is 7.11 Å². The van der Waals surface area contributed by atoms with Crippen LogP contribution in [0.15, 0.2) is 0 Å². The molecule has 0 heterocycles. The highest BCUT2D eigenvalue weighted by molar-refractivity contribution is 7.21. The summed E-state index contributed by atoms with van der Waals surface area (Å²) in [5, 5.41) is 0. The summed E-state index contributed by atoms with van der Waals surface area (Å²) in [6.07, 6.45) is 0. The van der Waals surface area contributed by atoms with Crippen molar-refractivity contribution in [3.63, 3.8) is 0 Å². The standard InChI is InChI=1S/C3H8Cl2Si.C2H8OSi/c1-6(2,5)3-4;1-3-4-2/h3H2,1-2H3;4H2,1-2H3. The summed E-state index contributed by atoms with van der Waals surface area (Å²) in [5.74, 6) is 0. The number of halogens is 2. The van der Waals surface area contributed by atoms with E-state index in [0.29, 0.717) is 5.50 Å². The molecule has 0 saturated heterocycles. The molecule has 0 aliphatic heterocycles. The molecule has 0 aliphatic carbocycles. The third-order valence-corrected chi connectivity index (χ3v) is 4.64. The van der Waals surface area contributed by atoms with Gasteiger partial charge in [-0.2, -0.15) is 11.1 Å². The van der Waals surface area contributed by atoms with Crippen LogP contribution in [0.4, 0.5) is 0 Å². The Labute approximate surface area is 76.7 Å². The number of hydrogen-bond donors (Lipinski definition) is 0. The molecule has 0 saturated carbocycles. The molecule has 64 valence electrons. The van der Waals surface area contributed by atoms with Crippen LogP contribution in [0.1, 0.15) is 0 Å². The largest absolute Gasteiger partial charge is 0.427 e. The Bertz CT molecular complexity index is 63.2. The first kappa shape index (κ1) is 13.6. The first-order valence-corrected chi connectivity index (χ1v) is 9.96. The predicted molar refractivity (Wildman–Crippen MR) is 55.5 cm³/mol. The van der Waals surface area contributed by atoms with Gasteiger partial charge in [0.1, 0.15) is 0 Å². The molecule has 10 heavy (non-hydrogen) atoms. The lowest BCUT2D eigenvalue weighted by Gasteiger charge is -2.03. The normalized spacial score (nSPS) is 11.4. The molecule has 0 aliphatic rings. The maximum atomic E-state index is 5.72. The van der Waals surface area contributed by atoms with E-state index in [9.17, 15) is 0 Å². The van der Waals surface area contributed by atoms with Gasteiger partial charge in [0.2, 0.25) is 0 Å². The lowest BCUT2D eigenvalue weighted by Crippen LogP contribution is -2.18. The third kappa shape index (κ3) is 23.1. The second-order valence-corrected chi connectivity index (χ2v) is 11.2. The fourth-order valence-electron chi connectivity index (χ4n) is 0. The van der Waals surface area contributed by atoms with Crippen LogP contribution >= 0.6 is 22.7 Å². The molecule has 0 spiro atoms. The summed E-state index contributed by atoms with van der Waals surface area (Å²) in [5.41, 5.74) is 0.647. The van der Waals surface area contributed by atoms with Crippen molar-refractivity contribution in [2.45, 2.75) is 19.6 Å². The van der Waals surface area contributed by atoms with Crippen molar-refractivity contribution in [2.24, 2.45) is 0 Å². The molecule has 0 aromatic rings.